The fourth-order valence-corrected chi connectivity index (χ4v) is 3.90. The van der Waals surface area contributed by atoms with Gasteiger partial charge in [0.25, 0.3) is 5.91 Å². The fourth-order valence-electron chi connectivity index (χ4n) is 3.90. The van der Waals surface area contributed by atoms with Gasteiger partial charge in [-0.1, -0.05) is 31.0 Å². The number of hydrogen-bond donors (Lipinski definition) is 1. The molecular weight excluding hydrogens is 248 g/mol. The van der Waals surface area contributed by atoms with Crippen LogP contribution < -0.4 is 5.32 Å². The number of fused-ring (bicyclic) bond motifs is 1. The van der Waals surface area contributed by atoms with E-state index in [9.17, 15) is 4.79 Å². The van der Waals surface area contributed by atoms with Crippen LogP contribution in [0.25, 0.3) is 0 Å². The summed E-state index contributed by atoms with van der Waals surface area (Å²) >= 11 is 0. The first-order chi connectivity index (χ1) is 9.75. The number of amides is 1. The molecule has 1 aliphatic heterocycles. The number of rotatable bonds is 2. The molecule has 3 atom stereocenters. The predicted molar refractivity (Wildman–Crippen MR) is 80.7 cm³/mol. The molecule has 2 fully saturated rings. The summed E-state index contributed by atoms with van der Waals surface area (Å²) in [5.74, 6) is 0.722. The summed E-state index contributed by atoms with van der Waals surface area (Å²) in [6, 6.07) is 10.6. The van der Waals surface area contributed by atoms with E-state index in [1.54, 1.807) is 0 Å². The molecule has 0 spiro atoms. The Morgan fingerprint density at radius 1 is 1.15 bits per heavy atom. The Morgan fingerprint density at radius 2 is 1.90 bits per heavy atom. The van der Waals surface area contributed by atoms with Crippen LogP contribution in [-0.4, -0.2) is 36.5 Å². The lowest BCUT2D eigenvalue weighted by Crippen LogP contribution is -2.56. The van der Waals surface area contributed by atoms with Gasteiger partial charge in [0.15, 0.2) is 0 Å². The van der Waals surface area contributed by atoms with Crippen molar-refractivity contribution >= 4 is 5.91 Å². The molecule has 1 aliphatic carbocycles. The van der Waals surface area contributed by atoms with Crippen molar-refractivity contribution in [1.29, 1.82) is 0 Å². The van der Waals surface area contributed by atoms with Crippen LogP contribution in [0.5, 0.6) is 0 Å². The third-order valence-corrected chi connectivity index (χ3v) is 5.01. The van der Waals surface area contributed by atoms with Crippen LogP contribution in [-0.2, 0) is 0 Å². The average Bonchev–Trinajstić information content (AvgIpc) is 2.51. The maximum Gasteiger partial charge on any atom is 0.251 e. The van der Waals surface area contributed by atoms with E-state index in [-0.39, 0.29) is 5.91 Å². The van der Waals surface area contributed by atoms with E-state index in [4.69, 9.17) is 0 Å². The van der Waals surface area contributed by atoms with Crippen molar-refractivity contribution in [3.05, 3.63) is 35.9 Å². The summed E-state index contributed by atoms with van der Waals surface area (Å²) < 4.78 is 0. The topological polar surface area (TPSA) is 32.3 Å². The Morgan fingerprint density at radius 3 is 2.70 bits per heavy atom. The zero-order valence-electron chi connectivity index (χ0n) is 12.2. The lowest BCUT2D eigenvalue weighted by atomic mass is 9.75. The lowest BCUT2D eigenvalue weighted by molar-refractivity contribution is 0.0505. The number of benzene rings is 1. The molecular formula is C17H24N2O. The largest absolute Gasteiger partial charge is 0.349 e. The van der Waals surface area contributed by atoms with Gasteiger partial charge in [0.05, 0.1) is 0 Å². The quantitative estimate of drug-likeness (QED) is 0.897. The second-order valence-corrected chi connectivity index (χ2v) is 6.23. The Bertz CT molecular complexity index is 459. The zero-order chi connectivity index (χ0) is 13.9. The molecule has 1 amide bonds. The second kappa shape index (κ2) is 5.96. The summed E-state index contributed by atoms with van der Waals surface area (Å²) in [5, 5.41) is 3.29. The van der Waals surface area contributed by atoms with Gasteiger partial charge in [-0.2, -0.15) is 0 Å². The molecule has 1 saturated carbocycles. The molecule has 108 valence electrons. The van der Waals surface area contributed by atoms with Crippen LogP contribution in [0.15, 0.2) is 30.3 Å². The van der Waals surface area contributed by atoms with Gasteiger partial charge in [-0.05, 0) is 44.4 Å². The molecule has 20 heavy (non-hydrogen) atoms. The number of nitrogens with zero attached hydrogens (tertiary/aromatic N) is 1. The Kier molecular flexibility index (Phi) is 4.06. The van der Waals surface area contributed by atoms with Crippen LogP contribution in [0.2, 0.25) is 0 Å². The van der Waals surface area contributed by atoms with Crippen molar-refractivity contribution < 1.29 is 4.79 Å². The molecule has 1 N–H and O–H groups in total. The van der Waals surface area contributed by atoms with Crippen molar-refractivity contribution in [2.75, 3.05) is 13.6 Å². The third kappa shape index (κ3) is 2.73. The van der Waals surface area contributed by atoms with Crippen LogP contribution in [0.3, 0.4) is 0 Å². The average molecular weight is 272 g/mol. The number of hydrogen-bond acceptors (Lipinski definition) is 2. The maximum atomic E-state index is 12.3. The molecule has 0 aromatic heterocycles. The molecule has 0 radical (unpaired) electrons. The fraction of sp³-hybridized carbons (Fsp3) is 0.588. The Labute approximate surface area is 121 Å². The summed E-state index contributed by atoms with van der Waals surface area (Å²) in [6.45, 7) is 1.10. The predicted octanol–water partition coefficient (Wildman–Crippen LogP) is 2.68. The van der Waals surface area contributed by atoms with Gasteiger partial charge in [-0.15, -0.1) is 0 Å². The van der Waals surface area contributed by atoms with Gasteiger partial charge >= 0.3 is 0 Å². The minimum Gasteiger partial charge on any atom is -0.349 e. The molecule has 1 saturated heterocycles. The number of nitrogens with one attached hydrogen (secondary N) is 1. The van der Waals surface area contributed by atoms with Gasteiger partial charge in [0, 0.05) is 24.2 Å². The standard InChI is InChI=1S/C17H24N2O/c1-19-12-11-15(14-9-5-6-10-16(14)19)18-17(20)13-7-3-2-4-8-13/h2-4,7-8,14-16H,5-6,9-12H2,1H3,(H,18,20)/t14-,15+,16+/m1/s1. The third-order valence-electron chi connectivity index (χ3n) is 5.01. The smallest absolute Gasteiger partial charge is 0.251 e. The highest BCUT2D eigenvalue weighted by molar-refractivity contribution is 5.94. The number of carbonyl (C=O) groups excluding carboxylic acids is 1. The van der Waals surface area contributed by atoms with Crippen LogP contribution in [0.4, 0.5) is 0 Å². The van der Waals surface area contributed by atoms with E-state index in [1.165, 1.54) is 25.7 Å². The first-order valence-corrected chi connectivity index (χ1v) is 7.82. The molecule has 0 bridgehead atoms. The highest BCUT2D eigenvalue weighted by atomic mass is 16.1. The van der Waals surface area contributed by atoms with Crippen molar-refractivity contribution in [2.24, 2.45) is 5.92 Å². The first-order valence-electron chi connectivity index (χ1n) is 7.82. The SMILES string of the molecule is CN1CC[C@H](NC(=O)c2ccccc2)[C@H]2CCCC[C@@H]21. The van der Waals surface area contributed by atoms with Gasteiger partial charge < -0.3 is 10.2 Å². The van der Waals surface area contributed by atoms with Gasteiger partial charge in [-0.25, -0.2) is 0 Å². The van der Waals surface area contributed by atoms with E-state index in [2.05, 4.69) is 17.3 Å². The molecule has 3 rings (SSSR count). The van der Waals surface area contributed by atoms with Crippen molar-refractivity contribution in [1.82, 2.24) is 10.2 Å². The zero-order valence-corrected chi connectivity index (χ0v) is 12.2. The number of carbonyl (C=O) groups is 1. The number of likely N-dealkylation sites (tertiary alicyclic amines) is 1. The van der Waals surface area contributed by atoms with E-state index in [0.29, 0.717) is 18.0 Å². The second-order valence-electron chi connectivity index (χ2n) is 6.23. The van der Waals surface area contributed by atoms with Crippen molar-refractivity contribution in [3.63, 3.8) is 0 Å². The molecule has 3 nitrogen and oxygen atoms in total. The molecule has 2 aliphatic rings. The summed E-state index contributed by atoms with van der Waals surface area (Å²) in [6.07, 6.45) is 6.28. The van der Waals surface area contributed by atoms with E-state index < -0.39 is 0 Å². The number of piperidine rings is 1. The minimum atomic E-state index is 0.0875. The Balaban J connectivity index is 1.69. The first kappa shape index (κ1) is 13.6. The van der Waals surface area contributed by atoms with Gasteiger partial charge in [0.1, 0.15) is 0 Å². The summed E-state index contributed by atoms with van der Waals surface area (Å²) in [7, 11) is 2.23. The van der Waals surface area contributed by atoms with Crippen LogP contribution in [0.1, 0.15) is 42.5 Å². The van der Waals surface area contributed by atoms with E-state index in [0.717, 1.165) is 18.5 Å². The lowest BCUT2D eigenvalue weighted by Gasteiger charge is -2.46. The molecule has 0 unspecified atom stereocenters. The molecule has 3 heteroatoms. The van der Waals surface area contributed by atoms with Crippen molar-refractivity contribution in [3.8, 4) is 0 Å². The molecule has 1 aromatic carbocycles. The Hall–Kier alpha value is -1.35. The highest BCUT2D eigenvalue weighted by Crippen LogP contribution is 2.34. The summed E-state index contributed by atoms with van der Waals surface area (Å²) in [4.78, 5) is 14.8. The highest BCUT2D eigenvalue weighted by Gasteiger charge is 2.38. The van der Waals surface area contributed by atoms with E-state index >= 15 is 0 Å². The maximum absolute atomic E-state index is 12.3. The van der Waals surface area contributed by atoms with Crippen LogP contribution in [0, 0.1) is 5.92 Å². The van der Waals surface area contributed by atoms with Crippen LogP contribution >= 0.6 is 0 Å². The van der Waals surface area contributed by atoms with Gasteiger partial charge in [0.2, 0.25) is 0 Å². The monoisotopic (exact) mass is 272 g/mol. The molecule has 1 heterocycles. The summed E-state index contributed by atoms with van der Waals surface area (Å²) in [5.41, 5.74) is 0.777. The van der Waals surface area contributed by atoms with Crippen molar-refractivity contribution in [2.45, 2.75) is 44.2 Å². The normalized spacial score (nSPS) is 30.6. The molecule has 1 aromatic rings. The van der Waals surface area contributed by atoms with E-state index in [1.807, 2.05) is 30.3 Å². The minimum absolute atomic E-state index is 0.0875. The van der Waals surface area contributed by atoms with Gasteiger partial charge in [-0.3, -0.25) is 4.79 Å².